The van der Waals surface area contributed by atoms with Gasteiger partial charge in [0.05, 0.1) is 0 Å². The Kier molecular flexibility index (Phi) is 5.67. The van der Waals surface area contributed by atoms with Crippen LogP contribution in [-0.4, -0.2) is 30.1 Å². The van der Waals surface area contributed by atoms with Crippen molar-refractivity contribution in [2.45, 2.75) is 58.2 Å². The highest BCUT2D eigenvalue weighted by Gasteiger charge is 2.28. The van der Waals surface area contributed by atoms with Crippen LogP contribution in [0.4, 0.5) is 0 Å². The number of thiophene rings is 1. The summed E-state index contributed by atoms with van der Waals surface area (Å²) >= 11 is 1.88. The monoisotopic (exact) mass is 266 g/mol. The lowest BCUT2D eigenvalue weighted by molar-refractivity contribution is 0.251. The van der Waals surface area contributed by atoms with Gasteiger partial charge in [-0.1, -0.05) is 19.9 Å². The smallest absolute Gasteiger partial charge is 0.0331 e. The Morgan fingerprint density at radius 1 is 1.39 bits per heavy atom. The minimum absolute atomic E-state index is 0.702. The number of nitrogens with zero attached hydrogens (tertiary/aromatic N) is 1. The van der Waals surface area contributed by atoms with Gasteiger partial charge in [0.1, 0.15) is 0 Å². The summed E-state index contributed by atoms with van der Waals surface area (Å²) in [6.07, 6.45) is 5.28. The maximum Gasteiger partial charge on any atom is 0.0331 e. The van der Waals surface area contributed by atoms with Crippen LogP contribution in [0.3, 0.4) is 0 Å². The summed E-state index contributed by atoms with van der Waals surface area (Å²) in [7, 11) is 0. The average molecular weight is 266 g/mol. The molecule has 1 aromatic heterocycles. The van der Waals surface area contributed by atoms with Gasteiger partial charge in [0.15, 0.2) is 0 Å². The fraction of sp³-hybridized carbons (Fsp3) is 0.733. The van der Waals surface area contributed by atoms with E-state index in [0.29, 0.717) is 6.04 Å². The molecule has 0 aliphatic heterocycles. The Morgan fingerprint density at radius 2 is 2.17 bits per heavy atom. The molecule has 0 bridgehead atoms. The van der Waals surface area contributed by atoms with E-state index >= 15 is 0 Å². The van der Waals surface area contributed by atoms with Gasteiger partial charge in [0.25, 0.3) is 0 Å². The Balaban J connectivity index is 1.73. The normalized spacial score (nSPS) is 15.8. The summed E-state index contributed by atoms with van der Waals surface area (Å²) in [6, 6.07) is 5.98. The molecule has 102 valence electrons. The van der Waals surface area contributed by atoms with Gasteiger partial charge < -0.3 is 5.32 Å². The number of hydrogen-bond donors (Lipinski definition) is 1. The molecule has 1 heterocycles. The minimum Gasteiger partial charge on any atom is -0.313 e. The molecule has 0 radical (unpaired) electrons. The van der Waals surface area contributed by atoms with Gasteiger partial charge in [-0.2, -0.15) is 0 Å². The molecule has 2 rings (SSSR count). The quantitative estimate of drug-likeness (QED) is 0.736. The number of hydrogen-bond acceptors (Lipinski definition) is 3. The lowest BCUT2D eigenvalue weighted by atomic mass is 10.2. The molecule has 0 amide bonds. The van der Waals surface area contributed by atoms with E-state index in [4.69, 9.17) is 0 Å². The molecule has 1 aliphatic carbocycles. The predicted octanol–water partition coefficient (Wildman–Crippen LogP) is 3.49. The van der Waals surface area contributed by atoms with Crippen LogP contribution in [0.5, 0.6) is 0 Å². The van der Waals surface area contributed by atoms with E-state index < -0.39 is 0 Å². The highest BCUT2D eigenvalue weighted by Crippen LogP contribution is 2.28. The van der Waals surface area contributed by atoms with Crippen molar-refractivity contribution in [1.82, 2.24) is 10.2 Å². The molecule has 1 aromatic rings. The van der Waals surface area contributed by atoms with Gasteiger partial charge in [-0.15, -0.1) is 11.3 Å². The first-order valence-corrected chi connectivity index (χ1v) is 8.21. The number of nitrogens with one attached hydrogen (secondary N) is 1. The Bertz CT molecular complexity index is 315. The second kappa shape index (κ2) is 7.27. The van der Waals surface area contributed by atoms with Crippen LogP contribution >= 0.6 is 11.3 Å². The van der Waals surface area contributed by atoms with Crippen LogP contribution in [0.2, 0.25) is 0 Å². The Labute approximate surface area is 115 Å². The van der Waals surface area contributed by atoms with Crippen LogP contribution in [0.15, 0.2) is 17.5 Å². The second-order valence-electron chi connectivity index (χ2n) is 5.25. The third kappa shape index (κ3) is 4.38. The van der Waals surface area contributed by atoms with Crippen molar-refractivity contribution in [3.8, 4) is 0 Å². The van der Waals surface area contributed by atoms with Crippen molar-refractivity contribution in [3.63, 3.8) is 0 Å². The maximum atomic E-state index is 3.67. The lowest BCUT2D eigenvalue weighted by Crippen LogP contribution is -2.37. The van der Waals surface area contributed by atoms with E-state index in [-0.39, 0.29) is 0 Å². The summed E-state index contributed by atoms with van der Waals surface area (Å²) in [4.78, 5) is 4.16. The fourth-order valence-corrected chi connectivity index (χ4v) is 3.15. The van der Waals surface area contributed by atoms with Crippen LogP contribution < -0.4 is 5.32 Å². The molecule has 2 nitrogen and oxygen atoms in total. The lowest BCUT2D eigenvalue weighted by Gasteiger charge is -2.23. The van der Waals surface area contributed by atoms with Crippen molar-refractivity contribution in [3.05, 3.63) is 22.4 Å². The van der Waals surface area contributed by atoms with Crippen molar-refractivity contribution >= 4 is 11.3 Å². The zero-order chi connectivity index (χ0) is 12.8. The van der Waals surface area contributed by atoms with Crippen LogP contribution in [0, 0.1) is 0 Å². The van der Waals surface area contributed by atoms with Crippen LogP contribution in [0.25, 0.3) is 0 Å². The van der Waals surface area contributed by atoms with Gasteiger partial charge in [0.2, 0.25) is 0 Å². The predicted molar refractivity (Wildman–Crippen MR) is 80.1 cm³/mol. The molecular weight excluding hydrogens is 240 g/mol. The van der Waals surface area contributed by atoms with Gasteiger partial charge in [-0.05, 0) is 37.1 Å². The first-order valence-electron chi connectivity index (χ1n) is 7.33. The van der Waals surface area contributed by atoms with Crippen LogP contribution in [-0.2, 0) is 6.54 Å². The highest BCUT2D eigenvalue weighted by atomic mass is 32.1. The molecule has 18 heavy (non-hydrogen) atoms. The molecule has 1 fully saturated rings. The van der Waals surface area contributed by atoms with E-state index in [0.717, 1.165) is 19.1 Å². The topological polar surface area (TPSA) is 15.3 Å². The van der Waals surface area contributed by atoms with E-state index in [9.17, 15) is 0 Å². The molecule has 1 N–H and O–H groups in total. The molecule has 0 unspecified atom stereocenters. The zero-order valence-corrected chi connectivity index (χ0v) is 12.5. The zero-order valence-electron chi connectivity index (χ0n) is 11.7. The van der Waals surface area contributed by atoms with E-state index in [1.165, 1.54) is 37.1 Å². The maximum absolute atomic E-state index is 3.67. The van der Waals surface area contributed by atoms with Crippen molar-refractivity contribution in [2.75, 3.05) is 13.1 Å². The van der Waals surface area contributed by atoms with Crippen molar-refractivity contribution in [2.24, 2.45) is 0 Å². The largest absolute Gasteiger partial charge is 0.313 e. The fourth-order valence-electron chi connectivity index (χ4n) is 2.42. The third-order valence-corrected chi connectivity index (χ3v) is 4.68. The SMILES string of the molecule is CCC(CC)NCCN(Cc1cccs1)C1CC1. The molecule has 1 aliphatic rings. The third-order valence-electron chi connectivity index (χ3n) is 3.82. The molecule has 0 spiro atoms. The molecule has 0 aromatic carbocycles. The van der Waals surface area contributed by atoms with E-state index in [2.05, 4.69) is 41.6 Å². The van der Waals surface area contributed by atoms with E-state index in [1.54, 1.807) is 0 Å². The number of rotatable bonds is 9. The first-order chi connectivity index (χ1) is 8.83. The van der Waals surface area contributed by atoms with E-state index in [1.807, 2.05) is 11.3 Å². The first kappa shape index (κ1) is 14.0. The summed E-state index contributed by atoms with van der Waals surface area (Å²) in [5.41, 5.74) is 0. The summed E-state index contributed by atoms with van der Waals surface area (Å²) in [5.74, 6) is 0. The summed E-state index contributed by atoms with van der Waals surface area (Å²) in [5, 5.41) is 5.86. The standard InChI is InChI=1S/C15H26N2S/c1-3-13(4-2)16-9-10-17(14-7-8-14)12-15-6-5-11-18-15/h5-6,11,13-14,16H,3-4,7-10,12H2,1-2H3. The van der Waals surface area contributed by atoms with Gasteiger partial charge in [0, 0.05) is 36.6 Å². The summed E-state index contributed by atoms with van der Waals surface area (Å²) in [6.45, 7) is 8.01. The highest BCUT2D eigenvalue weighted by molar-refractivity contribution is 7.09. The van der Waals surface area contributed by atoms with Crippen LogP contribution in [0.1, 0.15) is 44.4 Å². The Hall–Kier alpha value is -0.380. The average Bonchev–Trinajstić information content (AvgIpc) is 3.11. The molecule has 0 saturated heterocycles. The minimum atomic E-state index is 0.702. The summed E-state index contributed by atoms with van der Waals surface area (Å²) < 4.78 is 0. The van der Waals surface area contributed by atoms with Gasteiger partial charge >= 0.3 is 0 Å². The molecule has 3 heteroatoms. The van der Waals surface area contributed by atoms with Gasteiger partial charge in [-0.3, -0.25) is 4.90 Å². The van der Waals surface area contributed by atoms with Crippen molar-refractivity contribution < 1.29 is 0 Å². The Morgan fingerprint density at radius 3 is 2.72 bits per heavy atom. The van der Waals surface area contributed by atoms with Gasteiger partial charge in [-0.25, -0.2) is 0 Å². The van der Waals surface area contributed by atoms with Crippen molar-refractivity contribution in [1.29, 1.82) is 0 Å². The second-order valence-corrected chi connectivity index (χ2v) is 6.28. The molecule has 0 atom stereocenters. The molecule has 1 saturated carbocycles. The molecular formula is C15H26N2S.